The molecule has 1 aliphatic rings. The highest BCUT2D eigenvalue weighted by molar-refractivity contribution is 5.89. The van der Waals surface area contributed by atoms with E-state index in [1.165, 1.54) is 18.2 Å². The van der Waals surface area contributed by atoms with Crippen molar-refractivity contribution in [3.8, 4) is 0 Å². The van der Waals surface area contributed by atoms with Gasteiger partial charge in [-0.05, 0) is 54.9 Å². The van der Waals surface area contributed by atoms with E-state index in [0.29, 0.717) is 11.6 Å². The van der Waals surface area contributed by atoms with Gasteiger partial charge >= 0.3 is 5.63 Å². The normalized spacial score (nSPS) is 15.5. The Labute approximate surface area is 156 Å². The van der Waals surface area contributed by atoms with Gasteiger partial charge in [-0.25, -0.2) is 9.18 Å². The minimum absolute atomic E-state index is 0.223. The molecule has 1 aromatic heterocycles. The van der Waals surface area contributed by atoms with Crippen LogP contribution in [-0.4, -0.2) is 24.0 Å². The van der Waals surface area contributed by atoms with Crippen LogP contribution < -0.4 is 10.9 Å². The topological polar surface area (TPSA) is 45.5 Å². The molecule has 0 unspecified atom stereocenters. The zero-order chi connectivity index (χ0) is 18.6. The summed E-state index contributed by atoms with van der Waals surface area (Å²) in [6.45, 7) is 1.81. The molecule has 1 saturated heterocycles. The number of rotatable bonds is 4. The second-order valence-electron chi connectivity index (χ2n) is 6.80. The quantitative estimate of drug-likeness (QED) is 0.694. The Morgan fingerprint density at radius 2 is 1.89 bits per heavy atom. The average Bonchev–Trinajstić information content (AvgIpc) is 2.67. The molecular weight excluding hydrogens is 343 g/mol. The second-order valence-corrected chi connectivity index (χ2v) is 6.80. The van der Waals surface area contributed by atoms with Gasteiger partial charge in [-0.15, -0.1) is 0 Å². The molecule has 0 spiro atoms. The van der Waals surface area contributed by atoms with E-state index >= 15 is 0 Å². The summed E-state index contributed by atoms with van der Waals surface area (Å²) in [7, 11) is 0. The smallest absolute Gasteiger partial charge is 0.338 e. The van der Waals surface area contributed by atoms with Gasteiger partial charge in [-0.1, -0.05) is 24.3 Å². The van der Waals surface area contributed by atoms with Crippen LogP contribution in [0.2, 0.25) is 0 Å². The zero-order valence-electron chi connectivity index (χ0n) is 14.9. The lowest BCUT2D eigenvalue weighted by atomic mass is 10.0. The van der Waals surface area contributed by atoms with Crippen LogP contribution in [0.15, 0.2) is 70.0 Å². The second kappa shape index (κ2) is 7.66. The zero-order valence-corrected chi connectivity index (χ0v) is 14.9. The fraction of sp³-hybridized carbons (Fsp3) is 0.227. The highest BCUT2D eigenvalue weighted by atomic mass is 19.1. The number of anilines is 1. The molecule has 27 heavy (non-hydrogen) atoms. The monoisotopic (exact) mass is 364 g/mol. The van der Waals surface area contributed by atoms with E-state index in [2.05, 4.69) is 10.2 Å². The minimum atomic E-state index is -0.341. The van der Waals surface area contributed by atoms with Crippen molar-refractivity contribution in [1.82, 2.24) is 4.90 Å². The van der Waals surface area contributed by atoms with Crippen molar-refractivity contribution in [3.63, 3.8) is 0 Å². The maximum atomic E-state index is 13.2. The molecule has 138 valence electrons. The van der Waals surface area contributed by atoms with E-state index in [4.69, 9.17) is 4.42 Å². The average molecular weight is 364 g/mol. The summed E-state index contributed by atoms with van der Waals surface area (Å²) in [5.74, 6) is -0.223. The molecule has 2 heterocycles. The molecule has 4 nitrogen and oxygen atoms in total. The Bertz CT molecular complexity index is 1020. The predicted molar refractivity (Wildman–Crippen MR) is 106 cm³/mol. The first-order valence-corrected chi connectivity index (χ1v) is 9.15. The maximum absolute atomic E-state index is 13.2. The number of likely N-dealkylation sites (tertiary alicyclic amines) is 1. The van der Waals surface area contributed by atoms with Crippen LogP contribution >= 0.6 is 0 Å². The van der Waals surface area contributed by atoms with Crippen LogP contribution in [0, 0.1) is 5.82 Å². The number of hydrogen-bond acceptors (Lipinski definition) is 4. The van der Waals surface area contributed by atoms with Gasteiger partial charge in [-0.2, -0.15) is 0 Å². The lowest BCUT2D eigenvalue weighted by molar-refractivity contribution is 0.295. The van der Waals surface area contributed by atoms with Crippen LogP contribution in [0.3, 0.4) is 0 Å². The Hall–Kier alpha value is -3.08. The maximum Gasteiger partial charge on any atom is 0.338 e. The van der Waals surface area contributed by atoms with Crippen molar-refractivity contribution >= 4 is 22.7 Å². The molecule has 2 aromatic carbocycles. The van der Waals surface area contributed by atoms with Crippen molar-refractivity contribution < 1.29 is 8.81 Å². The molecule has 0 amide bonds. The molecule has 3 aromatic rings. The van der Waals surface area contributed by atoms with Crippen molar-refractivity contribution in [2.75, 3.05) is 18.4 Å². The van der Waals surface area contributed by atoms with Crippen LogP contribution in [0.1, 0.15) is 18.4 Å². The van der Waals surface area contributed by atoms with E-state index in [1.54, 1.807) is 6.07 Å². The van der Waals surface area contributed by atoms with Crippen molar-refractivity contribution in [3.05, 3.63) is 82.6 Å². The Balaban J connectivity index is 1.39. The SMILES string of the molecule is O=c1cc(NC2CCN(/C=C/c3cccc(F)c3)CC2)c2ccccc2o1. The van der Waals surface area contributed by atoms with Crippen LogP contribution in [0.25, 0.3) is 17.0 Å². The number of para-hydroxylation sites is 1. The van der Waals surface area contributed by atoms with Gasteiger partial charge in [0.05, 0.1) is 5.69 Å². The lowest BCUT2D eigenvalue weighted by Crippen LogP contribution is -2.36. The molecule has 1 fully saturated rings. The summed E-state index contributed by atoms with van der Waals surface area (Å²) in [5, 5.41) is 4.43. The molecule has 4 rings (SSSR count). The molecule has 0 bridgehead atoms. The lowest BCUT2D eigenvalue weighted by Gasteiger charge is -2.32. The fourth-order valence-electron chi connectivity index (χ4n) is 3.45. The van der Waals surface area contributed by atoms with Crippen molar-refractivity contribution in [2.24, 2.45) is 0 Å². The molecule has 1 aliphatic heterocycles. The standard InChI is InChI=1S/C22H21FN2O2/c23-17-5-3-4-16(14-17)8-11-25-12-9-18(10-13-25)24-20-15-22(26)27-21-7-2-1-6-19(20)21/h1-8,11,14-15,18,24H,9-10,12-13H2/b11-8+. The van der Waals surface area contributed by atoms with Crippen molar-refractivity contribution in [1.29, 1.82) is 0 Å². The van der Waals surface area contributed by atoms with Crippen LogP contribution in [0.4, 0.5) is 10.1 Å². The summed E-state index contributed by atoms with van der Waals surface area (Å²) in [4.78, 5) is 14.0. The van der Waals surface area contributed by atoms with E-state index < -0.39 is 0 Å². The first-order valence-electron chi connectivity index (χ1n) is 9.15. The van der Waals surface area contributed by atoms with Gasteiger partial charge in [0, 0.05) is 30.6 Å². The van der Waals surface area contributed by atoms with E-state index in [9.17, 15) is 9.18 Å². The number of piperidine rings is 1. The number of hydrogen-bond donors (Lipinski definition) is 1. The molecule has 5 heteroatoms. The summed E-state index contributed by atoms with van der Waals surface area (Å²) >= 11 is 0. The fourth-order valence-corrected chi connectivity index (χ4v) is 3.45. The van der Waals surface area contributed by atoms with Gasteiger partial charge in [0.15, 0.2) is 0 Å². The molecule has 1 N–H and O–H groups in total. The third-order valence-corrected chi connectivity index (χ3v) is 4.87. The van der Waals surface area contributed by atoms with E-state index in [-0.39, 0.29) is 11.4 Å². The largest absolute Gasteiger partial charge is 0.423 e. The molecule has 0 saturated carbocycles. The molecule has 0 radical (unpaired) electrons. The van der Waals surface area contributed by atoms with Crippen LogP contribution in [-0.2, 0) is 0 Å². The predicted octanol–water partition coefficient (Wildman–Crippen LogP) is 4.48. The van der Waals surface area contributed by atoms with Gasteiger partial charge in [0.25, 0.3) is 0 Å². The number of nitrogens with zero attached hydrogens (tertiary/aromatic N) is 1. The number of benzene rings is 2. The van der Waals surface area contributed by atoms with Crippen molar-refractivity contribution in [2.45, 2.75) is 18.9 Å². The van der Waals surface area contributed by atoms with E-state index in [0.717, 1.165) is 42.6 Å². The highest BCUT2D eigenvalue weighted by Crippen LogP contribution is 2.24. The third kappa shape index (κ3) is 4.19. The first-order chi connectivity index (χ1) is 13.2. The summed E-state index contributed by atoms with van der Waals surface area (Å²) in [5.41, 5.74) is 1.95. The molecular formula is C22H21FN2O2. The highest BCUT2D eigenvalue weighted by Gasteiger charge is 2.18. The summed E-state index contributed by atoms with van der Waals surface area (Å²) in [6, 6.07) is 16.0. The number of nitrogens with one attached hydrogen (secondary N) is 1. The van der Waals surface area contributed by atoms with Gasteiger partial charge in [0.1, 0.15) is 11.4 Å². The van der Waals surface area contributed by atoms with Crippen LogP contribution in [0.5, 0.6) is 0 Å². The van der Waals surface area contributed by atoms with E-state index in [1.807, 2.05) is 42.6 Å². The van der Waals surface area contributed by atoms with Gasteiger partial charge in [-0.3, -0.25) is 0 Å². The Morgan fingerprint density at radius 3 is 2.70 bits per heavy atom. The van der Waals surface area contributed by atoms with Gasteiger partial charge in [0.2, 0.25) is 0 Å². The van der Waals surface area contributed by atoms with Gasteiger partial charge < -0.3 is 14.6 Å². The summed E-state index contributed by atoms with van der Waals surface area (Å²) in [6.07, 6.45) is 5.88. The molecule has 0 aliphatic carbocycles. The molecule has 0 atom stereocenters. The first kappa shape index (κ1) is 17.3. The third-order valence-electron chi connectivity index (χ3n) is 4.87. The summed E-state index contributed by atoms with van der Waals surface area (Å²) < 4.78 is 18.5. The Kier molecular flexibility index (Phi) is 4.92. The number of fused-ring (bicyclic) bond motifs is 1. The number of halogens is 1. The Morgan fingerprint density at radius 1 is 1.07 bits per heavy atom. The minimum Gasteiger partial charge on any atom is -0.423 e.